The van der Waals surface area contributed by atoms with Crippen molar-refractivity contribution in [3.05, 3.63) is 34.3 Å². The van der Waals surface area contributed by atoms with Gasteiger partial charge in [0.2, 0.25) is 11.8 Å². The molecule has 0 saturated carbocycles. The first-order chi connectivity index (χ1) is 12.8. The molecule has 1 fully saturated rings. The fourth-order valence-corrected chi connectivity index (χ4v) is 3.07. The maximum Gasteiger partial charge on any atom is 0.269 e. The Morgan fingerprint density at radius 3 is 2.81 bits per heavy atom. The van der Waals surface area contributed by atoms with Crippen LogP contribution in [-0.2, 0) is 11.3 Å². The zero-order valence-electron chi connectivity index (χ0n) is 16.3. The summed E-state index contributed by atoms with van der Waals surface area (Å²) in [5.74, 6) is 1.37. The molecule has 0 N–H and O–H groups in total. The standard InChI is InChI=1S/C18H26N6O3/c1-12(2)17-20-18(27-21-17)13-6-5-7-23(10-13)16(26)11-24-15(25)8-14(9-19-24)22(3)4/h8-9,12-13H,5-7,10-11H2,1-4H3/t13-/m0/s1. The lowest BCUT2D eigenvalue weighted by molar-refractivity contribution is -0.133. The molecule has 1 atom stereocenters. The third-order valence-electron chi connectivity index (χ3n) is 4.75. The maximum atomic E-state index is 12.7. The van der Waals surface area contributed by atoms with Crippen LogP contribution in [0.1, 0.15) is 50.2 Å². The molecule has 1 aliphatic rings. The topological polar surface area (TPSA) is 97.4 Å². The SMILES string of the molecule is CC(C)c1noc([C@H]2CCCN(C(=O)Cn3ncc(N(C)C)cc3=O)C2)n1. The smallest absolute Gasteiger partial charge is 0.269 e. The van der Waals surface area contributed by atoms with Crippen LogP contribution in [0.2, 0.25) is 0 Å². The van der Waals surface area contributed by atoms with Gasteiger partial charge in [0, 0.05) is 39.2 Å². The number of hydrogen-bond donors (Lipinski definition) is 0. The van der Waals surface area contributed by atoms with Crippen LogP contribution in [-0.4, -0.2) is 57.9 Å². The van der Waals surface area contributed by atoms with Crippen LogP contribution >= 0.6 is 0 Å². The number of nitrogens with zero attached hydrogens (tertiary/aromatic N) is 6. The highest BCUT2D eigenvalue weighted by atomic mass is 16.5. The van der Waals surface area contributed by atoms with Gasteiger partial charge in [-0.25, -0.2) is 4.68 Å². The first-order valence-corrected chi connectivity index (χ1v) is 9.21. The molecule has 0 bridgehead atoms. The molecule has 2 aromatic heterocycles. The van der Waals surface area contributed by atoms with Crippen molar-refractivity contribution >= 4 is 11.6 Å². The Balaban J connectivity index is 1.67. The van der Waals surface area contributed by atoms with Crippen molar-refractivity contribution in [2.75, 3.05) is 32.1 Å². The minimum atomic E-state index is -0.290. The summed E-state index contributed by atoms with van der Waals surface area (Å²) in [6.07, 6.45) is 3.34. The highest BCUT2D eigenvalue weighted by Gasteiger charge is 2.29. The van der Waals surface area contributed by atoms with Crippen molar-refractivity contribution in [3.8, 4) is 0 Å². The number of rotatable bonds is 5. The van der Waals surface area contributed by atoms with Crippen molar-refractivity contribution in [3.63, 3.8) is 0 Å². The van der Waals surface area contributed by atoms with Gasteiger partial charge < -0.3 is 14.3 Å². The van der Waals surface area contributed by atoms with Gasteiger partial charge in [-0.2, -0.15) is 10.1 Å². The molecule has 3 rings (SSSR count). The minimum absolute atomic E-state index is 0.0310. The number of aromatic nitrogens is 4. The van der Waals surface area contributed by atoms with Crippen molar-refractivity contribution < 1.29 is 9.32 Å². The molecule has 0 aromatic carbocycles. The molecular weight excluding hydrogens is 348 g/mol. The summed E-state index contributed by atoms with van der Waals surface area (Å²) < 4.78 is 6.59. The van der Waals surface area contributed by atoms with E-state index in [1.54, 1.807) is 16.0 Å². The van der Waals surface area contributed by atoms with E-state index in [1.807, 2.05) is 27.9 Å². The second-order valence-corrected chi connectivity index (χ2v) is 7.43. The van der Waals surface area contributed by atoms with E-state index in [-0.39, 0.29) is 29.8 Å². The Bertz CT molecular complexity index is 857. The summed E-state index contributed by atoms with van der Waals surface area (Å²) in [5.41, 5.74) is 0.417. The Morgan fingerprint density at radius 2 is 2.19 bits per heavy atom. The first-order valence-electron chi connectivity index (χ1n) is 9.21. The van der Waals surface area contributed by atoms with Crippen LogP contribution in [0.5, 0.6) is 0 Å². The number of piperidine rings is 1. The van der Waals surface area contributed by atoms with Crippen molar-refractivity contribution in [2.45, 2.75) is 45.1 Å². The number of likely N-dealkylation sites (tertiary alicyclic amines) is 1. The largest absolute Gasteiger partial charge is 0.376 e. The summed E-state index contributed by atoms with van der Waals surface area (Å²) in [4.78, 5) is 32.9. The van der Waals surface area contributed by atoms with Crippen LogP contribution in [0, 0.1) is 0 Å². The molecule has 146 valence electrons. The predicted octanol–water partition coefficient (Wildman–Crippen LogP) is 1.22. The second kappa shape index (κ2) is 7.89. The Morgan fingerprint density at radius 1 is 1.41 bits per heavy atom. The quantitative estimate of drug-likeness (QED) is 0.776. The predicted molar refractivity (Wildman–Crippen MR) is 99.8 cm³/mol. The van der Waals surface area contributed by atoms with E-state index in [1.165, 1.54) is 10.7 Å². The van der Waals surface area contributed by atoms with E-state index in [2.05, 4.69) is 15.2 Å². The van der Waals surface area contributed by atoms with E-state index in [0.29, 0.717) is 30.5 Å². The number of anilines is 1. The monoisotopic (exact) mass is 374 g/mol. The zero-order valence-corrected chi connectivity index (χ0v) is 16.3. The zero-order chi connectivity index (χ0) is 19.6. The summed E-state index contributed by atoms with van der Waals surface area (Å²) in [6.45, 7) is 5.13. The Labute approximate surface area is 158 Å². The molecule has 1 saturated heterocycles. The molecule has 0 unspecified atom stereocenters. The van der Waals surface area contributed by atoms with Gasteiger partial charge in [-0.1, -0.05) is 19.0 Å². The van der Waals surface area contributed by atoms with Gasteiger partial charge >= 0.3 is 0 Å². The van der Waals surface area contributed by atoms with Crippen molar-refractivity contribution in [1.82, 2.24) is 24.8 Å². The summed E-state index contributed by atoms with van der Waals surface area (Å²) in [6, 6.07) is 1.48. The van der Waals surface area contributed by atoms with Crippen molar-refractivity contribution in [1.29, 1.82) is 0 Å². The second-order valence-electron chi connectivity index (χ2n) is 7.43. The fourth-order valence-electron chi connectivity index (χ4n) is 3.07. The average Bonchev–Trinajstić information content (AvgIpc) is 3.14. The molecule has 0 aliphatic carbocycles. The normalized spacial score (nSPS) is 17.4. The molecule has 2 aromatic rings. The molecule has 27 heavy (non-hydrogen) atoms. The number of amides is 1. The van der Waals surface area contributed by atoms with E-state index < -0.39 is 0 Å². The third-order valence-corrected chi connectivity index (χ3v) is 4.75. The molecule has 3 heterocycles. The maximum absolute atomic E-state index is 12.7. The van der Waals surface area contributed by atoms with Gasteiger partial charge in [-0.15, -0.1) is 0 Å². The third kappa shape index (κ3) is 4.35. The van der Waals surface area contributed by atoms with Crippen LogP contribution in [0.4, 0.5) is 5.69 Å². The molecule has 1 amide bonds. The summed E-state index contributed by atoms with van der Waals surface area (Å²) >= 11 is 0. The van der Waals surface area contributed by atoms with E-state index >= 15 is 0 Å². The number of hydrogen-bond acceptors (Lipinski definition) is 7. The van der Waals surface area contributed by atoms with Crippen LogP contribution < -0.4 is 10.5 Å². The highest BCUT2D eigenvalue weighted by molar-refractivity contribution is 5.76. The van der Waals surface area contributed by atoms with Gasteiger partial charge in [0.25, 0.3) is 5.56 Å². The molecule has 9 heteroatoms. The lowest BCUT2D eigenvalue weighted by Crippen LogP contribution is -2.42. The first kappa shape index (κ1) is 19.1. The van der Waals surface area contributed by atoms with Gasteiger partial charge in [-0.3, -0.25) is 9.59 Å². The molecule has 0 radical (unpaired) electrons. The molecule has 9 nitrogen and oxygen atoms in total. The van der Waals surface area contributed by atoms with Gasteiger partial charge in [-0.05, 0) is 12.8 Å². The Kier molecular flexibility index (Phi) is 5.57. The average molecular weight is 374 g/mol. The van der Waals surface area contributed by atoms with Gasteiger partial charge in [0.1, 0.15) is 6.54 Å². The van der Waals surface area contributed by atoms with Crippen LogP contribution in [0.25, 0.3) is 0 Å². The van der Waals surface area contributed by atoms with E-state index in [0.717, 1.165) is 12.8 Å². The molecular formula is C18H26N6O3. The van der Waals surface area contributed by atoms with Gasteiger partial charge in [0.15, 0.2) is 5.82 Å². The highest BCUT2D eigenvalue weighted by Crippen LogP contribution is 2.26. The fraction of sp³-hybridized carbons (Fsp3) is 0.611. The number of carbonyl (C=O) groups excluding carboxylic acids is 1. The Hall–Kier alpha value is -2.71. The number of carbonyl (C=O) groups is 1. The van der Waals surface area contributed by atoms with E-state index in [9.17, 15) is 9.59 Å². The van der Waals surface area contributed by atoms with Crippen LogP contribution in [0.3, 0.4) is 0 Å². The lowest BCUT2D eigenvalue weighted by Gasteiger charge is -2.31. The van der Waals surface area contributed by atoms with Gasteiger partial charge in [0.05, 0.1) is 17.8 Å². The van der Waals surface area contributed by atoms with E-state index in [4.69, 9.17) is 4.52 Å². The molecule has 1 aliphatic heterocycles. The summed E-state index contributed by atoms with van der Waals surface area (Å²) in [5, 5.41) is 8.12. The van der Waals surface area contributed by atoms with Crippen LogP contribution in [0.15, 0.2) is 21.6 Å². The van der Waals surface area contributed by atoms with Crippen molar-refractivity contribution in [2.24, 2.45) is 0 Å². The minimum Gasteiger partial charge on any atom is -0.376 e. The molecule has 0 spiro atoms. The summed E-state index contributed by atoms with van der Waals surface area (Å²) in [7, 11) is 3.67. The lowest BCUT2D eigenvalue weighted by atomic mass is 9.98.